The van der Waals surface area contributed by atoms with E-state index in [2.05, 4.69) is 42.4 Å². The molecule has 1 aliphatic carbocycles. The fourth-order valence-electron chi connectivity index (χ4n) is 2.60. The first kappa shape index (κ1) is 20.6. The van der Waals surface area contributed by atoms with Gasteiger partial charge in [-0.3, -0.25) is 4.99 Å². The molecule has 0 saturated heterocycles. The van der Waals surface area contributed by atoms with E-state index in [9.17, 15) is 0 Å². The van der Waals surface area contributed by atoms with Crippen molar-refractivity contribution in [3.63, 3.8) is 0 Å². The Morgan fingerprint density at radius 1 is 1.31 bits per heavy atom. The number of anilines is 1. The third-order valence-electron chi connectivity index (χ3n) is 4.29. The number of rotatable bonds is 11. The predicted octanol–water partition coefficient (Wildman–Crippen LogP) is 4.00. The number of aromatic nitrogens is 1. The largest absolute Gasteiger partial charge is 0.367 e. The third kappa shape index (κ3) is 6.56. The van der Waals surface area contributed by atoms with E-state index >= 15 is 0 Å². The quantitative estimate of drug-likeness (QED) is 0.311. The van der Waals surface area contributed by atoms with Gasteiger partial charge in [-0.05, 0) is 45.7 Å². The molecule has 6 heteroatoms. The summed E-state index contributed by atoms with van der Waals surface area (Å²) < 4.78 is 4.75. The number of allylic oxidation sites excluding steroid dienone is 5. The average Bonchev–Trinajstić information content (AvgIpc) is 3.39. The minimum Gasteiger partial charge on any atom is -0.367 e. The zero-order valence-electron chi connectivity index (χ0n) is 16.0. The number of hydrogen-bond acceptors (Lipinski definition) is 5. The van der Waals surface area contributed by atoms with Gasteiger partial charge in [0.2, 0.25) is 0 Å². The molecule has 26 heavy (non-hydrogen) atoms. The van der Waals surface area contributed by atoms with E-state index in [1.165, 1.54) is 42.1 Å². The molecule has 1 aliphatic rings. The van der Waals surface area contributed by atoms with Crippen molar-refractivity contribution < 1.29 is 0 Å². The second-order valence-electron chi connectivity index (χ2n) is 6.56. The fourth-order valence-corrected chi connectivity index (χ4v) is 3.66. The van der Waals surface area contributed by atoms with E-state index in [4.69, 9.17) is 16.2 Å². The number of nitrogens with two attached hydrogens (primary N) is 2. The molecule has 0 radical (unpaired) electrons. The van der Waals surface area contributed by atoms with Crippen LogP contribution >= 0.6 is 8.35 Å². The molecule has 0 aliphatic heterocycles. The van der Waals surface area contributed by atoms with Gasteiger partial charge in [-0.2, -0.15) is 0 Å². The number of unbranched alkanes of at least 4 members (excludes halogenated alkanes) is 2. The van der Waals surface area contributed by atoms with E-state index < -0.39 is 0 Å². The lowest BCUT2D eigenvalue weighted by atomic mass is 10.1. The van der Waals surface area contributed by atoms with Crippen molar-refractivity contribution in [1.29, 1.82) is 0 Å². The average molecular weight is 373 g/mol. The van der Waals surface area contributed by atoms with Crippen LogP contribution in [0.2, 0.25) is 0 Å². The Bertz CT molecular complexity index is 680. The second-order valence-corrected chi connectivity index (χ2v) is 7.51. The first-order valence-electron chi connectivity index (χ1n) is 9.49. The van der Waals surface area contributed by atoms with Gasteiger partial charge in [-0.1, -0.05) is 44.1 Å². The summed E-state index contributed by atoms with van der Waals surface area (Å²) in [6, 6.07) is 0.627. The minimum absolute atomic E-state index is 0.282. The molecular weight excluding hydrogens is 341 g/mol. The molecule has 0 aromatic carbocycles. The summed E-state index contributed by atoms with van der Waals surface area (Å²) in [4.78, 5) is 4.12. The summed E-state index contributed by atoms with van der Waals surface area (Å²) in [5, 5.41) is 4.89. The van der Waals surface area contributed by atoms with Crippen LogP contribution in [-0.4, -0.2) is 30.2 Å². The van der Waals surface area contributed by atoms with Crippen LogP contribution in [0.5, 0.6) is 0 Å². The number of nitrogens with zero attached hydrogens (tertiary/aromatic N) is 2. The van der Waals surface area contributed by atoms with Gasteiger partial charge < -0.3 is 16.8 Å². The summed E-state index contributed by atoms with van der Waals surface area (Å²) in [7, 11) is 0.473. The molecule has 0 spiro atoms. The van der Waals surface area contributed by atoms with E-state index in [0.29, 0.717) is 20.9 Å². The predicted molar refractivity (Wildman–Crippen MR) is 116 cm³/mol. The highest BCUT2D eigenvalue weighted by Crippen LogP contribution is 2.36. The summed E-state index contributed by atoms with van der Waals surface area (Å²) in [6.07, 6.45) is 16.3. The SMILES string of the molecule is CCCC/C=C(/C=C/C(C=NCN)=C/CN)c1[pH]nc(NC2CC2)c1C. The van der Waals surface area contributed by atoms with Crippen molar-refractivity contribution in [2.24, 2.45) is 16.5 Å². The lowest BCUT2D eigenvalue weighted by Gasteiger charge is -2.05. The maximum atomic E-state index is 5.67. The van der Waals surface area contributed by atoms with E-state index in [-0.39, 0.29) is 6.67 Å². The van der Waals surface area contributed by atoms with Gasteiger partial charge in [0.15, 0.2) is 0 Å². The van der Waals surface area contributed by atoms with Crippen molar-refractivity contribution in [3.8, 4) is 0 Å². The zero-order valence-corrected chi connectivity index (χ0v) is 17.0. The Hall–Kier alpha value is -1.68. The van der Waals surface area contributed by atoms with Crippen LogP contribution in [0.25, 0.3) is 5.57 Å². The summed E-state index contributed by atoms with van der Waals surface area (Å²) >= 11 is 0. The molecule has 1 heterocycles. The van der Waals surface area contributed by atoms with Gasteiger partial charge >= 0.3 is 0 Å². The Morgan fingerprint density at radius 2 is 2.12 bits per heavy atom. The Labute approximate surface area is 158 Å². The molecule has 142 valence electrons. The lowest BCUT2D eigenvalue weighted by Crippen LogP contribution is -2.02. The Morgan fingerprint density at radius 3 is 2.77 bits per heavy atom. The van der Waals surface area contributed by atoms with Crippen molar-refractivity contribution in [2.75, 3.05) is 18.5 Å². The van der Waals surface area contributed by atoms with Crippen molar-refractivity contribution >= 4 is 26.0 Å². The van der Waals surface area contributed by atoms with Crippen molar-refractivity contribution in [2.45, 2.75) is 52.0 Å². The maximum Gasteiger partial charge on any atom is 0.133 e. The van der Waals surface area contributed by atoms with Crippen molar-refractivity contribution in [1.82, 2.24) is 4.75 Å². The third-order valence-corrected chi connectivity index (χ3v) is 5.52. The number of aliphatic imine (C=N–C) groups is 1. The highest BCUT2D eigenvalue weighted by Gasteiger charge is 2.23. The molecule has 1 unspecified atom stereocenters. The second kappa shape index (κ2) is 11.1. The van der Waals surface area contributed by atoms with E-state index in [1.807, 2.05) is 6.08 Å². The van der Waals surface area contributed by atoms with Crippen molar-refractivity contribution in [3.05, 3.63) is 40.7 Å². The first-order valence-corrected chi connectivity index (χ1v) is 10.4. The molecule has 1 atom stereocenters. The Balaban J connectivity index is 2.23. The van der Waals surface area contributed by atoms with Crippen LogP contribution in [0.3, 0.4) is 0 Å². The summed E-state index contributed by atoms with van der Waals surface area (Å²) in [5.74, 6) is 1.08. The molecule has 1 aromatic rings. The van der Waals surface area contributed by atoms with E-state index in [0.717, 1.165) is 17.8 Å². The van der Waals surface area contributed by atoms with Crippen LogP contribution in [0.15, 0.2) is 34.9 Å². The van der Waals surface area contributed by atoms with Crippen LogP contribution in [0, 0.1) is 6.92 Å². The molecule has 5 nitrogen and oxygen atoms in total. The van der Waals surface area contributed by atoms with Gasteiger partial charge in [0.1, 0.15) is 5.82 Å². The van der Waals surface area contributed by atoms with E-state index in [1.54, 1.807) is 6.21 Å². The first-order chi connectivity index (χ1) is 12.7. The van der Waals surface area contributed by atoms with Gasteiger partial charge in [-0.15, -0.1) is 0 Å². The Kier molecular flexibility index (Phi) is 8.82. The van der Waals surface area contributed by atoms with Gasteiger partial charge in [0, 0.05) is 29.7 Å². The summed E-state index contributed by atoms with van der Waals surface area (Å²) in [5.41, 5.74) is 14.7. The molecule has 0 amide bonds. The lowest BCUT2D eigenvalue weighted by molar-refractivity contribution is 0.816. The topological polar surface area (TPSA) is 89.3 Å². The van der Waals surface area contributed by atoms with Gasteiger partial charge in [0.05, 0.1) is 6.67 Å². The molecule has 5 N–H and O–H groups in total. The van der Waals surface area contributed by atoms with Crippen LogP contribution in [0.1, 0.15) is 49.9 Å². The minimum atomic E-state index is 0.282. The molecule has 2 rings (SSSR count). The zero-order chi connectivity index (χ0) is 18.8. The smallest absolute Gasteiger partial charge is 0.133 e. The summed E-state index contributed by atoms with van der Waals surface area (Å²) in [6.45, 7) is 5.16. The molecule has 1 aromatic heterocycles. The molecule has 1 saturated carbocycles. The van der Waals surface area contributed by atoms with Gasteiger partial charge in [0.25, 0.3) is 0 Å². The number of nitrogens with one attached hydrogen (secondary N) is 1. The highest BCUT2D eigenvalue weighted by molar-refractivity contribution is 7.27. The van der Waals surface area contributed by atoms with Gasteiger partial charge in [-0.25, -0.2) is 4.75 Å². The van der Waals surface area contributed by atoms with Crippen LogP contribution in [0.4, 0.5) is 5.82 Å². The molecular formula is C20H32N5P. The van der Waals surface area contributed by atoms with Crippen LogP contribution < -0.4 is 16.8 Å². The standard InChI is InChI=1S/C20H32N5P/c1-3-4-5-6-17(8-7-16(11-12-21)13-23-14-22)19-15(2)20(25-26-19)24-18-9-10-18/h6-8,11,13,18,26H,3-5,9-10,12,14,21-22H2,1-2H3,(H,24,25)/b8-7+,16-11-,17-6-,23-13?. The molecule has 0 bridgehead atoms. The fraction of sp³-hybridized carbons (Fsp3) is 0.500. The monoisotopic (exact) mass is 373 g/mol. The highest BCUT2D eigenvalue weighted by atomic mass is 31.0. The molecule has 1 fully saturated rings. The van der Waals surface area contributed by atoms with Crippen LogP contribution in [-0.2, 0) is 0 Å². The number of hydrogen-bond donors (Lipinski definition) is 3. The normalized spacial score (nSPS) is 16.5. The maximum absolute atomic E-state index is 5.67.